The van der Waals surface area contributed by atoms with Crippen LogP contribution in [-0.2, 0) is 11.6 Å². The van der Waals surface area contributed by atoms with Gasteiger partial charge in [0.15, 0.2) is 0 Å². The molecule has 0 aliphatic carbocycles. The number of nitro groups is 1. The molecule has 0 amide bonds. The molecule has 0 heterocycles. The smallest absolute Gasteiger partial charge is 0.258 e. The van der Waals surface area contributed by atoms with Crippen molar-refractivity contribution in [3.63, 3.8) is 0 Å². The van der Waals surface area contributed by atoms with Crippen LogP contribution in [0.15, 0.2) is 48.5 Å². The molecule has 0 spiro atoms. The summed E-state index contributed by atoms with van der Waals surface area (Å²) in [5, 5.41) is 20.3. The van der Waals surface area contributed by atoms with Gasteiger partial charge in [-0.15, -0.1) is 0 Å². The maximum atomic E-state index is 13.3. The quantitative estimate of drug-likeness (QED) is 0.620. The fourth-order valence-electron chi connectivity index (χ4n) is 2.37. The molecule has 0 saturated heterocycles. The van der Waals surface area contributed by atoms with Crippen LogP contribution in [0.3, 0.4) is 0 Å². The second-order valence-electron chi connectivity index (χ2n) is 5.09. The van der Waals surface area contributed by atoms with Crippen LogP contribution in [0.2, 0.25) is 0 Å². The van der Waals surface area contributed by atoms with Crippen molar-refractivity contribution >= 4 is 5.69 Å². The van der Waals surface area contributed by atoms with Crippen molar-refractivity contribution in [1.29, 1.82) is 5.26 Å². The summed E-state index contributed by atoms with van der Waals surface area (Å²) in [5.74, 6) is 0. The molecule has 0 radical (unpaired) electrons. The number of benzene rings is 2. The minimum Gasteiger partial charge on any atom is -0.258 e. The number of rotatable bonds is 3. The largest absolute Gasteiger partial charge is 0.416 e. The number of nitrogens with zero attached hydrogens (tertiary/aromatic N) is 2. The van der Waals surface area contributed by atoms with E-state index < -0.39 is 27.8 Å². The van der Waals surface area contributed by atoms with E-state index in [1.54, 1.807) is 30.3 Å². The van der Waals surface area contributed by atoms with E-state index in [0.717, 1.165) is 12.1 Å². The van der Waals surface area contributed by atoms with Crippen LogP contribution >= 0.6 is 0 Å². The van der Waals surface area contributed by atoms with Gasteiger partial charge < -0.3 is 0 Å². The summed E-state index contributed by atoms with van der Waals surface area (Å²) < 4.78 is 40.0. The van der Waals surface area contributed by atoms with Crippen molar-refractivity contribution in [3.8, 4) is 6.07 Å². The molecule has 0 unspecified atom stereocenters. The number of hydrogen-bond acceptors (Lipinski definition) is 3. The van der Waals surface area contributed by atoms with Gasteiger partial charge in [-0.25, -0.2) is 0 Å². The van der Waals surface area contributed by atoms with Crippen molar-refractivity contribution in [2.75, 3.05) is 0 Å². The van der Waals surface area contributed by atoms with Gasteiger partial charge in [0.05, 0.1) is 16.6 Å². The third-order valence-corrected chi connectivity index (χ3v) is 3.63. The van der Waals surface area contributed by atoms with Crippen LogP contribution in [0.25, 0.3) is 0 Å². The predicted octanol–water partition coefficient (Wildman–Crippen LogP) is 4.44. The lowest BCUT2D eigenvalue weighted by molar-refractivity contribution is -0.385. The van der Waals surface area contributed by atoms with E-state index in [1.807, 2.05) is 6.07 Å². The summed E-state index contributed by atoms with van der Waals surface area (Å²) in [7, 11) is 0. The molecule has 2 rings (SSSR count). The van der Waals surface area contributed by atoms with Gasteiger partial charge >= 0.3 is 6.18 Å². The van der Waals surface area contributed by atoms with Gasteiger partial charge in [0.1, 0.15) is 5.41 Å². The zero-order valence-electron chi connectivity index (χ0n) is 12.0. The van der Waals surface area contributed by atoms with Gasteiger partial charge in [0, 0.05) is 12.1 Å². The first-order valence-electron chi connectivity index (χ1n) is 6.53. The van der Waals surface area contributed by atoms with E-state index in [4.69, 9.17) is 0 Å². The molecule has 23 heavy (non-hydrogen) atoms. The van der Waals surface area contributed by atoms with Crippen molar-refractivity contribution < 1.29 is 18.1 Å². The Bertz CT molecular complexity index is 782. The molecular weight excluding hydrogens is 309 g/mol. The Kier molecular flexibility index (Phi) is 4.10. The number of nitriles is 1. The average molecular weight is 320 g/mol. The minimum atomic E-state index is -4.81. The second-order valence-corrected chi connectivity index (χ2v) is 5.09. The third-order valence-electron chi connectivity index (χ3n) is 3.63. The first kappa shape index (κ1) is 16.5. The number of hydrogen-bond donors (Lipinski definition) is 0. The number of nitro benzene ring substituents is 1. The molecule has 2 aromatic carbocycles. The van der Waals surface area contributed by atoms with E-state index >= 15 is 0 Å². The van der Waals surface area contributed by atoms with Crippen LogP contribution in [0.1, 0.15) is 23.6 Å². The maximum Gasteiger partial charge on any atom is 0.416 e. The number of alkyl halides is 3. The Morgan fingerprint density at radius 1 is 1.09 bits per heavy atom. The normalized spacial score (nSPS) is 13.9. The van der Waals surface area contributed by atoms with Gasteiger partial charge in [0.2, 0.25) is 0 Å². The average Bonchev–Trinajstić information content (AvgIpc) is 2.53. The Morgan fingerprint density at radius 2 is 1.70 bits per heavy atom. The Morgan fingerprint density at radius 3 is 2.17 bits per heavy atom. The SMILES string of the molecule is C[C@](C#N)(c1ccccc1)c1ccc([N+](=O)[O-])cc1C(F)(F)F. The summed E-state index contributed by atoms with van der Waals surface area (Å²) >= 11 is 0. The maximum absolute atomic E-state index is 13.3. The lowest BCUT2D eigenvalue weighted by Gasteiger charge is -2.26. The van der Waals surface area contributed by atoms with E-state index in [1.165, 1.54) is 6.92 Å². The molecule has 0 fully saturated rings. The molecule has 118 valence electrons. The number of non-ortho nitro benzene ring substituents is 1. The van der Waals surface area contributed by atoms with Gasteiger partial charge in [-0.05, 0) is 24.1 Å². The molecule has 0 aromatic heterocycles. The Balaban J connectivity index is 2.76. The van der Waals surface area contributed by atoms with Crippen LogP contribution in [0.5, 0.6) is 0 Å². The molecule has 7 heteroatoms. The van der Waals surface area contributed by atoms with Crippen LogP contribution in [0, 0.1) is 21.4 Å². The fourth-order valence-corrected chi connectivity index (χ4v) is 2.37. The molecule has 4 nitrogen and oxygen atoms in total. The molecule has 0 aliphatic rings. The summed E-state index contributed by atoms with van der Waals surface area (Å²) in [5.41, 5.74) is -3.37. The highest BCUT2D eigenvalue weighted by Crippen LogP contribution is 2.42. The summed E-state index contributed by atoms with van der Waals surface area (Å²) in [6, 6.07) is 12.3. The van der Waals surface area contributed by atoms with Gasteiger partial charge in [0.25, 0.3) is 5.69 Å². The second kappa shape index (κ2) is 5.72. The summed E-state index contributed by atoms with van der Waals surface area (Å²) in [4.78, 5) is 9.86. The molecular formula is C16H11F3N2O2. The lowest BCUT2D eigenvalue weighted by Crippen LogP contribution is -2.26. The molecule has 1 atom stereocenters. The van der Waals surface area contributed by atoms with Crippen LogP contribution in [-0.4, -0.2) is 4.92 Å². The highest BCUT2D eigenvalue weighted by atomic mass is 19.4. The monoisotopic (exact) mass is 320 g/mol. The number of halogens is 3. The summed E-state index contributed by atoms with van der Waals surface area (Å²) in [6.07, 6.45) is -4.81. The predicted molar refractivity (Wildman–Crippen MR) is 76.6 cm³/mol. The molecule has 0 saturated carbocycles. The highest BCUT2D eigenvalue weighted by molar-refractivity contribution is 5.52. The van der Waals surface area contributed by atoms with Crippen molar-refractivity contribution in [1.82, 2.24) is 0 Å². The molecule has 0 aliphatic heterocycles. The van der Waals surface area contributed by atoms with Crippen LogP contribution in [0.4, 0.5) is 18.9 Å². The van der Waals surface area contributed by atoms with E-state index in [2.05, 4.69) is 0 Å². The first-order valence-corrected chi connectivity index (χ1v) is 6.53. The van der Waals surface area contributed by atoms with E-state index in [0.29, 0.717) is 11.6 Å². The van der Waals surface area contributed by atoms with E-state index in [-0.39, 0.29) is 5.56 Å². The zero-order chi connectivity index (χ0) is 17.3. The topological polar surface area (TPSA) is 66.9 Å². The Labute approximate surface area is 129 Å². The lowest BCUT2D eigenvalue weighted by atomic mass is 9.75. The van der Waals surface area contributed by atoms with Crippen LogP contribution < -0.4 is 0 Å². The molecule has 0 bridgehead atoms. The Hall–Kier alpha value is -2.88. The van der Waals surface area contributed by atoms with E-state index in [9.17, 15) is 28.5 Å². The van der Waals surface area contributed by atoms with Gasteiger partial charge in [-0.2, -0.15) is 18.4 Å². The minimum absolute atomic E-state index is 0.315. The fraction of sp³-hybridized carbons (Fsp3) is 0.188. The molecule has 2 aromatic rings. The van der Waals surface area contributed by atoms with Gasteiger partial charge in [-0.3, -0.25) is 10.1 Å². The van der Waals surface area contributed by atoms with Crippen molar-refractivity contribution in [2.45, 2.75) is 18.5 Å². The van der Waals surface area contributed by atoms with Crippen molar-refractivity contribution in [3.05, 3.63) is 75.3 Å². The first-order chi connectivity index (χ1) is 10.7. The highest BCUT2D eigenvalue weighted by Gasteiger charge is 2.41. The van der Waals surface area contributed by atoms with Gasteiger partial charge in [-0.1, -0.05) is 30.3 Å². The standard InChI is InChI=1S/C16H11F3N2O2/c1-15(10-20,11-5-3-2-4-6-11)13-8-7-12(21(22)23)9-14(13)16(17,18)19/h2-9H,1H3/t15-/m0/s1. The summed E-state index contributed by atoms with van der Waals surface area (Å²) in [6.45, 7) is 1.36. The van der Waals surface area contributed by atoms with Crippen molar-refractivity contribution in [2.24, 2.45) is 0 Å². The zero-order valence-corrected chi connectivity index (χ0v) is 12.0. The molecule has 0 N–H and O–H groups in total. The third kappa shape index (κ3) is 3.01.